The molecule has 0 radical (unpaired) electrons. The van der Waals surface area contributed by atoms with Crippen LogP contribution in [0.3, 0.4) is 0 Å². The Bertz CT molecular complexity index is 780. The van der Waals surface area contributed by atoms with Crippen molar-refractivity contribution in [3.8, 4) is 0 Å². The molecule has 0 saturated carbocycles. The normalized spacial score (nSPS) is 20.5. The first-order valence-corrected chi connectivity index (χ1v) is 11.8. The summed E-state index contributed by atoms with van der Waals surface area (Å²) >= 11 is 0. The smallest absolute Gasteiger partial charge is 0.223 e. The van der Waals surface area contributed by atoms with Gasteiger partial charge in [0, 0.05) is 55.9 Å². The van der Waals surface area contributed by atoms with E-state index in [1.54, 1.807) is 6.20 Å². The molecule has 0 spiro atoms. The van der Waals surface area contributed by atoms with E-state index in [2.05, 4.69) is 32.1 Å². The molecule has 7 heteroatoms. The number of amides is 1. The number of rotatable bonds is 8. The summed E-state index contributed by atoms with van der Waals surface area (Å²) in [6, 6.07) is 7.17. The van der Waals surface area contributed by atoms with Crippen molar-refractivity contribution in [3.05, 3.63) is 48.5 Å². The third-order valence-electron chi connectivity index (χ3n) is 7.06. The largest absolute Gasteiger partial charge is 0.352 e. The predicted molar refractivity (Wildman–Crippen MR) is 121 cm³/mol. The first-order chi connectivity index (χ1) is 15.2. The number of nitrogens with zero attached hydrogens (tertiary/aromatic N) is 5. The minimum Gasteiger partial charge on any atom is -0.352 e. The second-order valence-electron chi connectivity index (χ2n) is 9.06. The highest BCUT2D eigenvalue weighted by atomic mass is 16.1. The molecular weight excluding hydrogens is 388 g/mol. The van der Waals surface area contributed by atoms with Crippen molar-refractivity contribution in [1.82, 2.24) is 29.9 Å². The first kappa shape index (κ1) is 22.0. The van der Waals surface area contributed by atoms with Crippen LogP contribution in [0.4, 0.5) is 0 Å². The average Bonchev–Trinajstić information content (AvgIpc) is 3.36. The molecule has 0 aliphatic carbocycles. The topological polar surface area (TPSA) is 66.3 Å². The molecule has 2 aromatic heterocycles. The molecule has 2 aliphatic rings. The van der Waals surface area contributed by atoms with Gasteiger partial charge in [-0.05, 0) is 82.9 Å². The third-order valence-corrected chi connectivity index (χ3v) is 7.06. The van der Waals surface area contributed by atoms with E-state index in [0.29, 0.717) is 18.6 Å². The van der Waals surface area contributed by atoms with Crippen LogP contribution in [0.5, 0.6) is 0 Å². The van der Waals surface area contributed by atoms with Gasteiger partial charge in [0.2, 0.25) is 5.91 Å². The van der Waals surface area contributed by atoms with Gasteiger partial charge in [-0.15, -0.1) is 0 Å². The minimum absolute atomic E-state index is 0.148. The fourth-order valence-corrected chi connectivity index (χ4v) is 4.99. The lowest BCUT2D eigenvalue weighted by Crippen LogP contribution is -2.50. The molecule has 2 aromatic rings. The van der Waals surface area contributed by atoms with Gasteiger partial charge in [-0.2, -0.15) is 5.10 Å². The number of hydrogen-bond donors (Lipinski definition) is 1. The quantitative estimate of drug-likeness (QED) is 0.706. The van der Waals surface area contributed by atoms with Gasteiger partial charge in [-0.25, -0.2) is 0 Å². The number of likely N-dealkylation sites (tertiary alicyclic amines) is 2. The summed E-state index contributed by atoms with van der Waals surface area (Å²) in [4.78, 5) is 21.9. The average molecular weight is 425 g/mol. The molecule has 2 aliphatic heterocycles. The number of carbonyl (C=O) groups is 1. The van der Waals surface area contributed by atoms with Crippen LogP contribution in [-0.2, 0) is 17.9 Å². The Kier molecular flexibility index (Phi) is 7.70. The van der Waals surface area contributed by atoms with Gasteiger partial charge in [0.1, 0.15) is 0 Å². The van der Waals surface area contributed by atoms with E-state index in [1.807, 2.05) is 41.5 Å². The van der Waals surface area contributed by atoms with Crippen molar-refractivity contribution < 1.29 is 4.79 Å². The van der Waals surface area contributed by atoms with Crippen LogP contribution in [0, 0.1) is 5.92 Å². The summed E-state index contributed by atoms with van der Waals surface area (Å²) in [5, 5.41) is 7.41. The molecular formula is C24H36N6O. The number of piperidine rings is 2. The zero-order valence-corrected chi connectivity index (χ0v) is 18.7. The Labute approximate surface area is 185 Å². The van der Waals surface area contributed by atoms with Crippen LogP contribution < -0.4 is 5.32 Å². The highest BCUT2D eigenvalue weighted by Gasteiger charge is 2.31. The van der Waals surface area contributed by atoms with E-state index in [9.17, 15) is 4.79 Å². The second-order valence-corrected chi connectivity index (χ2v) is 9.06. The van der Waals surface area contributed by atoms with Crippen LogP contribution in [0.15, 0.2) is 43.0 Å². The maximum atomic E-state index is 12.6. The molecule has 4 rings (SSSR count). The van der Waals surface area contributed by atoms with Gasteiger partial charge in [0.05, 0.1) is 0 Å². The Morgan fingerprint density at radius 3 is 2.61 bits per heavy atom. The monoisotopic (exact) mass is 424 g/mol. The Morgan fingerprint density at radius 1 is 1.13 bits per heavy atom. The number of carbonyl (C=O) groups excluding carboxylic acids is 1. The molecule has 4 heterocycles. The first-order valence-electron chi connectivity index (χ1n) is 11.8. The summed E-state index contributed by atoms with van der Waals surface area (Å²) in [7, 11) is 0. The van der Waals surface area contributed by atoms with Crippen molar-refractivity contribution >= 4 is 5.91 Å². The SMILES string of the molecule is C[C@@H](CCn1cccn1)N1CCC(N2CCC(C(=O)NCc3cccnc3)CC2)CC1. The van der Waals surface area contributed by atoms with Crippen molar-refractivity contribution in [2.45, 2.75) is 64.2 Å². The van der Waals surface area contributed by atoms with Gasteiger partial charge in [0.25, 0.3) is 0 Å². The van der Waals surface area contributed by atoms with Gasteiger partial charge in [-0.1, -0.05) is 6.07 Å². The lowest BCUT2D eigenvalue weighted by molar-refractivity contribution is -0.126. The molecule has 7 nitrogen and oxygen atoms in total. The zero-order chi connectivity index (χ0) is 21.5. The lowest BCUT2D eigenvalue weighted by atomic mass is 9.92. The standard InChI is InChI=1S/C24H36N6O/c1-20(5-17-30-12-3-11-27-30)28-15-8-23(9-16-28)29-13-6-22(7-14-29)24(31)26-19-21-4-2-10-25-18-21/h2-4,10-12,18,20,22-23H,5-9,13-17,19H2,1H3,(H,26,31)/t20-/m0/s1. The number of nitrogens with one attached hydrogen (secondary N) is 1. The van der Waals surface area contributed by atoms with Crippen LogP contribution in [-0.4, -0.2) is 68.7 Å². The van der Waals surface area contributed by atoms with Crippen molar-refractivity contribution in [2.75, 3.05) is 26.2 Å². The summed E-state index contributed by atoms with van der Waals surface area (Å²) in [6.07, 6.45) is 13.0. The maximum absolute atomic E-state index is 12.6. The Morgan fingerprint density at radius 2 is 1.94 bits per heavy atom. The summed E-state index contributed by atoms with van der Waals surface area (Å²) in [5.74, 6) is 0.347. The number of aromatic nitrogens is 3. The Hall–Kier alpha value is -2.25. The minimum atomic E-state index is 0.148. The molecule has 31 heavy (non-hydrogen) atoms. The van der Waals surface area contributed by atoms with E-state index >= 15 is 0 Å². The Balaban J connectivity index is 1.14. The molecule has 1 amide bonds. The van der Waals surface area contributed by atoms with Crippen LogP contribution in [0.1, 0.15) is 44.6 Å². The van der Waals surface area contributed by atoms with E-state index < -0.39 is 0 Å². The van der Waals surface area contributed by atoms with Crippen molar-refractivity contribution in [2.24, 2.45) is 5.92 Å². The van der Waals surface area contributed by atoms with Gasteiger partial charge < -0.3 is 15.1 Å². The van der Waals surface area contributed by atoms with Crippen LogP contribution in [0.2, 0.25) is 0 Å². The summed E-state index contributed by atoms with van der Waals surface area (Å²) in [6.45, 7) is 8.36. The fourth-order valence-electron chi connectivity index (χ4n) is 4.99. The van der Waals surface area contributed by atoms with Crippen LogP contribution in [0.25, 0.3) is 0 Å². The third kappa shape index (κ3) is 6.14. The maximum Gasteiger partial charge on any atom is 0.223 e. The molecule has 168 valence electrons. The number of pyridine rings is 1. The zero-order valence-electron chi connectivity index (χ0n) is 18.7. The lowest BCUT2D eigenvalue weighted by Gasteiger charge is -2.43. The van der Waals surface area contributed by atoms with E-state index in [-0.39, 0.29) is 11.8 Å². The molecule has 0 aromatic carbocycles. The number of aryl methyl sites for hydroxylation is 1. The highest BCUT2D eigenvalue weighted by Crippen LogP contribution is 2.25. The molecule has 0 unspecified atom stereocenters. The second kappa shape index (κ2) is 10.9. The van der Waals surface area contributed by atoms with E-state index in [0.717, 1.165) is 44.5 Å². The van der Waals surface area contributed by atoms with Gasteiger partial charge in [0.15, 0.2) is 0 Å². The van der Waals surface area contributed by atoms with E-state index in [1.165, 1.54) is 25.9 Å². The molecule has 0 bridgehead atoms. The molecule has 1 N–H and O–H groups in total. The summed E-state index contributed by atoms with van der Waals surface area (Å²) in [5.41, 5.74) is 1.05. The summed E-state index contributed by atoms with van der Waals surface area (Å²) < 4.78 is 2.03. The highest BCUT2D eigenvalue weighted by molar-refractivity contribution is 5.78. The molecule has 1 atom stereocenters. The van der Waals surface area contributed by atoms with Gasteiger partial charge in [-0.3, -0.25) is 14.5 Å². The number of hydrogen-bond acceptors (Lipinski definition) is 5. The molecule has 2 saturated heterocycles. The van der Waals surface area contributed by atoms with E-state index in [4.69, 9.17) is 0 Å². The predicted octanol–water partition coefficient (Wildman–Crippen LogP) is 2.55. The van der Waals surface area contributed by atoms with Crippen molar-refractivity contribution in [1.29, 1.82) is 0 Å². The van der Waals surface area contributed by atoms with Crippen molar-refractivity contribution in [3.63, 3.8) is 0 Å². The molecule has 2 fully saturated rings. The van der Waals surface area contributed by atoms with Crippen LogP contribution >= 0.6 is 0 Å². The van der Waals surface area contributed by atoms with Gasteiger partial charge >= 0.3 is 0 Å². The fraction of sp³-hybridized carbons (Fsp3) is 0.625.